The third-order valence-corrected chi connectivity index (χ3v) is 3.14. The molecule has 0 heterocycles. The summed E-state index contributed by atoms with van der Waals surface area (Å²) in [7, 11) is 0. The molecule has 0 radical (unpaired) electrons. The minimum absolute atomic E-state index is 0.0272. The van der Waals surface area contributed by atoms with Gasteiger partial charge in [-0.15, -0.1) is 0 Å². The second kappa shape index (κ2) is 7.14. The molecule has 3 N–H and O–H groups in total. The predicted molar refractivity (Wildman–Crippen MR) is 77.0 cm³/mol. The third kappa shape index (κ3) is 5.30. The monoisotopic (exact) mass is 264 g/mol. The lowest BCUT2D eigenvalue weighted by atomic mass is 10.1. The van der Waals surface area contributed by atoms with E-state index in [1.807, 2.05) is 38.1 Å². The molecule has 0 aromatic heterocycles. The first-order chi connectivity index (χ1) is 8.90. The number of hydrogen-bond acceptors (Lipinski definition) is 3. The molecule has 106 valence electrons. The largest absolute Gasteiger partial charge is 0.484 e. The van der Waals surface area contributed by atoms with Gasteiger partial charge in [-0.2, -0.15) is 0 Å². The van der Waals surface area contributed by atoms with Crippen molar-refractivity contribution in [3.05, 3.63) is 29.8 Å². The van der Waals surface area contributed by atoms with Gasteiger partial charge in [0.1, 0.15) is 5.75 Å². The number of nitrogens with one attached hydrogen (secondary N) is 1. The van der Waals surface area contributed by atoms with Crippen LogP contribution in [0, 0.1) is 5.92 Å². The fourth-order valence-corrected chi connectivity index (χ4v) is 1.50. The zero-order valence-corrected chi connectivity index (χ0v) is 12.1. The Balaban J connectivity index is 2.48. The minimum Gasteiger partial charge on any atom is -0.484 e. The van der Waals surface area contributed by atoms with Crippen molar-refractivity contribution in [2.24, 2.45) is 11.7 Å². The first kappa shape index (κ1) is 15.5. The highest BCUT2D eigenvalue weighted by molar-refractivity contribution is 5.77. The molecule has 1 unspecified atom stereocenters. The van der Waals surface area contributed by atoms with Crippen molar-refractivity contribution in [2.45, 2.75) is 39.8 Å². The summed E-state index contributed by atoms with van der Waals surface area (Å²) < 4.78 is 5.47. The van der Waals surface area contributed by atoms with Crippen LogP contribution in [0.25, 0.3) is 0 Å². The molecule has 2 atom stereocenters. The van der Waals surface area contributed by atoms with Crippen molar-refractivity contribution < 1.29 is 9.53 Å². The van der Waals surface area contributed by atoms with E-state index < -0.39 is 0 Å². The molecule has 1 rings (SSSR count). The molecule has 0 bridgehead atoms. The third-order valence-electron chi connectivity index (χ3n) is 3.14. The van der Waals surface area contributed by atoms with Crippen molar-refractivity contribution in [1.82, 2.24) is 5.32 Å². The molecule has 0 aliphatic heterocycles. The Hall–Kier alpha value is -1.55. The van der Waals surface area contributed by atoms with Gasteiger partial charge in [-0.3, -0.25) is 4.79 Å². The second-order valence-electron chi connectivity index (χ2n) is 5.25. The van der Waals surface area contributed by atoms with Gasteiger partial charge in [-0.1, -0.05) is 26.0 Å². The van der Waals surface area contributed by atoms with Crippen molar-refractivity contribution in [3.8, 4) is 5.75 Å². The summed E-state index contributed by atoms with van der Waals surface area (Å²) >= 11 is 0. The van der Waals surface area contributed by atoms with Gasteiger partial charge in [-0.05, 0) is 37.5 Å². The first-order valence-electron chi connectivity index (χ1n) is 6.68. The summed E-state index contributed by atoms with van der Waals surface area (Å²) in [5.74, 6) is 0.972. The van der Waals surface area contributed by atoms with Crippen LogP contribution < -0.4 is 15.8 Å². The minimum atomic E-state index is -0.104. The summed E-state index contributed by atoms with van der Waals surface area (Å²) in [5, 5.41) is 2.90. The van der Waals surface area contributed by atoms with Crippen LogP contribution in [0.5, 0.6) is 5.75 Å². The number of carbonyl (C=O) groups is 1. The molecular formula is C15H24N2O2. The Morgan fingerprint density at radius 2 is 2.00 bits per heavy atom. The van der Waals surface area contributed by atoms with E-state index in [4.69, 9.17) is 10.5 Å². The van der Waals surface area contributed by atoms with Crippen LogP contribution in [0.3, 0.4) is 0 Å². The Labute approximate surface area is 115 Å². The van der Waals surface area contributed by atoms with E-state index in [1.165, 1.54) is 0 Å². The van der Waals surface area contributed by atoms with E-state index in [2.05, 4.69) is 19.2 Å². The lowest BCUT2D eigenvalue weighted by Gasteiger charge is -2.17. The highest BCUT2D eigenvalue weighted by atomic mass is 16.5. The molecule has 0 spiro atoms. The highest BCUT2D eigenvalue weighted by Crippen LogP contribution is 2.17. The summed E-state index contributed by atoms with van der Waals surface area (Å²) in [4.78, 5) is 11.7. The van der Waals surface area contributed by atoms with Gasteiger partial charge in [0.25, 0.3) is 5.91 Å². The van der Waals surface area contributed by atoms with Crippen LogP contribution in [0.4, 0.5) is 0 Å². The van der Waals surface area contributed by atoms with Crippen LogP contribution in [-0.2, 0) is 4.79 Å². The maximum Gasteiger partial charge on any atom is 0.258 e. The van der Waals surface area contributed by atoms with Crippen molar-refractivity contribution in [1.29, 1.82) is 0 Å². The zero-order valence-electron chi connectivity index (χ0n) is 12.1. The maximum absolute atomic E-state index is 11.7. The summed E-state index contributed by atoms with van der Waals surface area (Å²) in [6.45, 7) is 8.06. The number of rotatable bonds is 6. The van der Waals surface area contributed by atoms with Gasteiger partial charge in [0.2, 0.25) is 0 Å². The van der Waals surface area contributed by atoms with Gasteiger partial charge in [0.05, 0.1) is 0 Å². The topological polar surface area (TPSA) is 64.3 Å². The molecule has 1 aromatic rings. The fourth-order valence-electron chi connectivity index (χ4n) is 1.50. The zero-order chi connectivity index (χ0) is 14.4. The summed E-state index contributed by atoms with van der Waals surface area (Å²) in [6, 6.07) is 7.61. The van der Waals surface area contributed by atoms with E-state index in [9.17, 15) is 4.79 Å². The van der Waals surface area contributed by atoms with Crippen LogP contribution in [0.15, 0.2) is 24.3 Å². The number of nitrogens with two attached hydrogens (primary N) is 1. The van der Waals surface area contributed by atoms with Crippen LogP contribution in [0.2, 0.25) is 0 Å². The highest BCUT2D eigenvalue weighted by Gasteiger charge is 2.11. The molecular weight excluding hydrogens is 240 g/mol. The number of amides is 1. The SMILES string of the molecule is CC(C)C(C)NC(=O)COc1cccc([C@H](C)N)c1. The van der Waals surface area contributed by atoms with Crippen LogP contribution >= 0.6 is 0 Å². The molecule has 0 saturated carbocycles. The second-order valence-corrected chi connectivity index (χ2v) is 5.25. The normalized spacial score (nSPS) is 14.0. The van der Waals surface area contributed by atoms with E-state index in [0.717, 1.165) is 5.56 Å². The molecule has 0 aliphatic rings. The van der Waals surface area contributed by atoms with Gasteiger partial charge < -0.3 is 15.8 Å². The number of ether oxygens (including phenoxy) is 1. The Morgan fingerprint density at radius 3 is 2.58 bits per heavy atom. The molecule has 0 fully saturated rings. The van der Waals surface area contributed by atoms with E-state index in [1.54, 1.807) is 0 Å². The van der Waals surface area contributed by atoms with E-state index in [-0.39, 0.29) is 24.6 Å². The van der Waals surface area contributed by atoms with E-state index in [0.29, 0.717) is 11.7 Å². The average Bonchev–Trinajstić information content (AvgIpc) is 2.36. The van der Waals surface area contributed by atoms with Gasteiger partial charge in [0.15, 0.2) is 6.61 Å². The average molecular weight is 264 g/mol. The standard InChI is InChI=1S/C15H24N2O2/c1-10(2)12(4)17-15(18)9-19-14-7-5-6-13(8-14)11(3)16/h5-8,10-12H,9,16H2,1-4H3,(H,17,18)/t11-,12?/m0/s1. The number of hydrogen-bond donors (Lipinski definition) is 2. The van der Waals surface area contributed by atoms with Crippen LogP contribution in [0.1, 0.15) is 39.3 Å². The molecule has 1 aromatic carbocycles. The van der Waals surface area contributed by atoms with Gasteiger partial charge >= 0.3 is 0 Å². The summed E-state index contributed by atoms with van der Waals surface area (Å²) in [5.41, 5.74) is 6.80. The summed E-state index contributed by atoms with van der Waals surface area (Å²) in [6.07, 6.45) is 0. The van der Waals surface area contributed by atoms with Crippen molar-refractivity contribution in [2.75, 3.05) is 6.61 Å². The Bertz CT molecular complexity index is 416. The lowest BCUT2D eigenvalue weighted by molar-refractivity contribution is -0.124. The predicted octanol–water partition coefficient (Wildman–Crippen LogP) is 2.25. The lowest BCUT2D eigenvalue weighted by Crippen LogP contribution is -2.38. The quantitative estimate of drug-likeness (QED) is 0.828. The fraction of sp³-hybridized carbons (Fsp3) is 0.533. The molecule has 19 heavy (non-hydrogen) atoms. The Morgan fingerprint density at radius 1 is 1.32 bits per heavy atom. The van der Waals surface area contributed by atoms with Gasteiger partial charge in [0, 0.05) is 12.1 Å². The smallest absolute Gasteiger partial charge is 0.258 e. The molecule has 4 nitrogen and oxygen atoms in total. The number of benzene rings is 1. The first-order valence-corrected chi connectivity index (χ1v) is 6.68. The van der Waals surface area contributed by atoms with Crippen LogP contribution in [-0.4, -0.2) is 18.6 Å². The van der Waals surface area contributed by atoms with Crippen molar-refractivity contribution >= 4 is 5.91 Å². The molecule has 1 amide bonds. The molecule has 4 heteroatoms. The van der Waals surface area contributed by atoms with Gasteiger partial charge in [-0.25, -0.2) is 0 Å². The Kier molecular flexibility index (Phi) is 5.83. The number of carbonyl (C=O) groups excluding carboxylic acids is 1. The van der Waals surface area contributed by atoms with Crippen molar-refractivity contribution in [3.63, 3.8) is 0 Å². The van der Waals surface area contributed by atoms with E-state index >= 15 is 0 Å². The maximum atomic E-state index is 11.7. The molecule has 0 saturated heterocycles. The molecule has 0 aliphatic carbocycles.